The lowest BCUT2D eigenvalue weighted by atomic mass is 9.97. The molecule has 3 rings (SSSR count). The van der Waals surface area contributed by atoms with Crippen molar-refractivity contribution >= 4 is 23.5 Å². The minimum Gasteiger partial charge on any atom is -0.478 e. The molecule has 1 fully saturated rings. The van der Waals surface area contributed by atoms with E-state index in [0.717, 1.165) is 23.9 Å². The average molecular weight is 483 g/mol. The molecule has 1 saturated heterocycles. The summed E-state index contributed by atoms with van der Waals surface area (Å²) >= 11 is 0. The molecule has 0 radical (unpaired) electrons. The lowest BCUT2D eigenvalue weighted by molar-refractivity contribution is 0.0506. The van der Waals surface area contributed by atoms with Gasteiger partial charge in [-0.25, -0.2) is 19.7 Å². The summed E-state index contributed by atoms with van der Waals surface area (Å²) in [4.78, 5) is 42.9. The first-order chi connectivity index (χ1) is 16.3. The third-order valence-corrected chi connectivity index (χ3v) is 6.31. The number of hydrogen-bond donors (Lipinski definition) is 2. The number of aryl methyl sites for hydroxylation is 2. The number of piperazine rings is 1. The smallest absolute Gasteiger partial charge is 0.337 e. The number of carboxylic acid groups (broad SMARTS) is 1. The Labute approximate surface area is 208 Å². The lowest BCUT2D eigenvalue weighted by Gasteiger charge is -2.47. The van der Waals surface area contributed by atoms with E-state index in [1.165, 1.54) is 0 Å². The minimum atomic E-state index is -0.970. The van der Waals surface area contributed by atoms with Crippen molar-refractivity contribution in [1.82, 2.24) is 19.9 Å². The van der Waals surface area contributed by atoms with Gasteiger partial charge in [0.1, 0.15) is 17.3 Å². The molecule has 2 aromatic rings. The molecule has 0 aromatic carbocycles. The van der Waals surface area contributed by atoms with Gasteiger partial charge in [0, 0.05) is 26.2 Å². The molecule has 0 aliphatic carbocycles. The van der Waals surface area contributed by atoms with E-state index in [-0.39, 0.29) is 17.4 Å². The Morgan fingerprint density at radius 3 is 2.37 bits per heavy atom. The topological polar surface area (TPSA) is 112 Å². The van der Waals surface area contributed by atoms with Crippen molar-refractivity contribution in [2.75, 3.05) is 36.4 Å². The number of carbonyl (C=O) groups is 2. The van der Waals surface area contributed by atoms with Crippen LogP contribution in [0.3, 0.4) is 0 Å². The Morgan fingerprint density at radius 1 is 1.14 bits per heavy atom. The van der Waals surface area contributed by atoms with E-state index in [1.807, 2.05) is 38.7 Å². The first-order valence-electron chi connectivity index (χ1n) is 12.2. The van der Waals surface area contributed by atoms with Gasteiger partial charge in [-0.1, -0.05) is 27.7 Å². The van der Waals surface area contributed by atoms with Gasteiger partial charge < -0.3 is 20.2 Å². The molecule has 0 spiro atoms. The molecule has 0 atom stereocenters. The molecule has 1 amide bonds. The molecule has 9 heteroatoms. The number of hydrogen-bond acceptors (Lipinski definition) is 7. The second-order valence-corrected chi connectivity index (χ2v) is 10.7. The van der Waals surface area contributed by atoms with Gasteiger partial charge in [-0.15, -0.1) is 0 Å². The zero-order chi connectivity index (χ0) is 26.1. The fraction of sp³-hybridized carbons (Fsp3) is 0.577. The SMILES string of the molecule is Cc1cc(N2CCN(C(=O)c3cnc(NCC(C)C)c(C(C)C)n3)C(C)(C)C2)nc(C)c1C(=O)O. The summed E-state index contributed by atoms with van der Waals surface area (Å²) < 4.78 is 0. The number of anilines is 2. The largest absolute Gasteiger partial charge is 0.478 e. The Hall–Kier alpha value is -3.23. The predicted octanol–water partition coefficient (Wildman–Crippen LogP) is 4.12. The van der Waals surface area contributed by atoms with Gasteiger partial charge in [-0.3, -0.25) is 4.79 Å². The molecule has 35 heavy (non-hydrogen) atoms. The van der Waals surface area contributed by atoms with E-state index in [4.69, 9.17) is 4.98 Å². The highest BCUT2D eigenvalue weighted by Gasteiger charge is 2.38. The standard InChI is InChI=1S/C26H38N6O3/c1-15(2)12-27-23-22(16(3)4)30-19(13-28-23)24(33)32-10-9-31(14-26(32,7)8)20-11-17(5)21(25(34)35)18(6)29-20/h11,13,15-16H,9-10,12,14H2,1-8H3,(H,27,28)(H,34,35). The van der Waals surface area contributed by atoms with Crippen LogP contribution in [-0.2, 0) is 0 Å². The fourth-order valence-corrected chi connectivity index (χ4v) is 4.51. The predicted molar refractivity (Wildman–Crippen MR) is 137 cm³/mol. The second kappa shape index (κ2) is 10.2. The zero-order valence-corrected chi connectivity index (χ0v) is 22.1. The van der Waals surface area contributed by atoms with Gasteiger partial charge in [0.2, 0.25) is 0 Å². The number of carboxylic acids is 1. The van der Waals surface area contributed by atoms with Crippen LogP contribution in [0, 0.1) is 19.8 Å². The molecule has 190 valence electrons. The van der Waals surface area contributed by atoms with Gasteiger partial charge in [0.15, 0.2) is 0 Å². The van der Waals surface area contributed by atoms with E-state index in [0.29, 0.717) is 42.5 Å². The van der Waals surface area contributed by atoms with E-state index in [2.05, 4.69) is 34.0 Å². The van der Waals surface area contributed by atoms with E-state index in [9.17, 15) is 14.7 Å². The summed E-state index contributed by atoms with van der Waals surface area (Å²) in [5, 5.41) is 12.8. The first kappa shape index (κ1) is 26.4. The van der Waals surface area contributed by atoms with Crippen molar-refractivity contribution in [3.05, 3.63) is 40.5 Å². The number of aromatic nitrogens is 3. The average Bonchev–Trinajstić information content (AvgIpc) is 2.75. The molecular weight excluding hydrogens is 444 g/mol. The Morgan fingerprint density at radius 2 is 1.83 bits per heavy atom. The number of rotatable bonds is 7. The maximum atomic E-state index is 13.5. The molecule has 9 nitrogen and oxygen atoms in total. The maximum Gasteiger partial charge on any atom is 0.337 e. The van der Waals surface area contributed by atoms with Crippen LogP contribution >= 0.6 is 0 Å². The van der Waals surface area contributed by atoms with Crippen molar-refractivity contribution in [2.24, 2.45) is 5.92 Å². The number of amides is 1. The Kier molecular flexibility index (Phi) is 7.67. The second-order valence-electron chi connectivity index (χ2n) is 10.7. The number of aromatic carboxylic acids is 1. The number of nitrogens with one attached hydrogen (secondary N) is 1. The zero-order valence-electron chi connectivity index (χ0n) is 22.1. The minimum absolute atomic E-state index is 0.126. The van der Waals surface area contributed by atoms with Crippen molar-refractivity contribution in [3.63, 3.8) is 0 Å². The quantitative estimate of drug-likeness (QED) is 0.606. The molecule has 1 aliphatic rings. The summed E-state index contributed by atoms with van der Waals surface area (Å²) in [7, 11) is 0. The number of carbonyl (C=O) groups excluding carboxylic acids is 1. The molecule has 0 saturated carbocycles. The van der Waals surface area contributed by atoms with E-state index >= 15 is 0 Å². The summed E-state index contributed by atoms with van der Waals surface area (Å²) in [6, 6.07) is 1.81. The normalized spacial score (nSPS) is 15.6. The monoisotopic (exact) mass is 482 g/mol. The van der Waals surface area contributed by atoms with Crippen LogP contribution in [0.2, 0.25) is 0 Å². The number of nitrogens with zero attached hydrogens (tertiary/aromatic N) is 5. The molecule has 3 heterocycles. The molecule has 0 unspecified atom stereocenters. The highest BCUT2D eigenvalue weighted by atomic mass is 16.4. The maximum absolute atomic E-state index is 13.5. The van der Waals surface area contributed by atoms with Gasteiger partial charge in [0.05, 0.1) is 28.7 Å². The summed E-state index contributed by atoms with van der Waals surface area (Å²) in [5.41, 5.74) is 2.07. The highest BCUT2D eigenvalue weighted by molar-refractivity contribution is 5.93. The van der Waals surface area contributed by atoms with E-state index in [1.54, 1.807) is 20.0 Å². The summed E-state index contributed by atoms with van der Waals surface area (Å²) in [6.07, 6.45) is 1.57. The first-order valence-corrected chi connectivity index (χ1v) is 12.2. The Balaban J connectivity index is 1.82. The third-order valence-electron chi connectivity index (χ3n) is 6.31. The van der Waals surface area contributed by atoms with Crippen LogP contribution in [0.15, 0.2) is 12.3 Å². The van der Waals surface area contributed by atoms with Gasteiger partial charge in [-0.2, -0.15) is 0 Å². The molecule has 0 bridgehead atoms. The fourth-order valence-electron chi connectivity index (χ4n) is 4.51. The van der Waals surface area contributed by atoms with Crippen molar-refractivity contribution in [1.29, 1.82) is 0 Å². The highest BCUT2D eigenvalue weighted by Crippen LogP contribution is 2.29. The van der Waals surface area contributed by atoms with Gasteiger partial charge in [0.25, 0.3) is 5.91 Å². The van der Waals surface area contributed by atoms with Crippen LogP contribution < -0.4 is 10.2 Å². The van der Waals surface area contributed by atoms with Crippen LogP contribution in [0.5, 0.6) is 0 Å². The van der Waals surface area contributed by atoms with Crippen molar-refractivity contribution < 1.29 is 14.7 Å². The van der Waals surface area contributed by atoms with Crippen LogP contribution in [0.1, 0.15) is 85.3 Å². The third kappa shape index (κ3) is 5.71. The molecule has 2 aromatic heterocycles. The Bertz CT molecular complexity index is 1090. The molecular formula is C26H38N6O3. The molecule has 2 N–H and O–H groups in total. The summed E-state index contributed by atoms with van der Waals surface area (Å²) in [6.45, 7) is 18.4. The van der Waals surface area contributed by atoms with Crippen LogP contribution in [0.25, 0.3) is 0 Å². The van der Waals surface area contributed by atoms with E-state index < -0.39 is 11.5 Å². The van der Waals surface area contributed by atoms with Crippen molar-refractivity contribution in [3.8, 4) is 0 Å². The lowest BCUT2D eigenvalue weighted by Crippen LogP contribution is -2.61. The van der Waals surface area contributed by atoms with Gasteiger partial charge >= 0.3 is 5.97 Å². The van der Waals surface area contributed by atoms with Gasteiger partial charge in [-0.05, 0) is 51.2 Å². The summed E-state index contributed by atoms with van der Waals surface area (Å²) in [5.74, 6) is 0.949. The van der Waals surface area contributed by atoms with Crippen molar-refractivity contribution in [2.45, 2.75) is 66.8 Å². The van der Waals surface area contributed by atoms with Crippen LogP contribution in [-0.4, -0.2) is 68.6 Å². The number of pyridine rings is 1. The van der Waals surface area contributed by atoms with Crippen LogP contribution in [0.4, 0.5) is 11.6 Å². The molecule has 1 aliphatic heterocycles.